The van der Waals surface area contributed by atoms with Crippen LogP contribution in [0, 0.1) is 0 Å². The second-order valence-corrected chi connectivity index (χ2v) is 17.9. The average molecular weight is 441 g/mol. The maximum atomic E-state index is 12.8. The van der Waals surface area contributed by atoms with E-state index in [1.165, 1.54) is 0 Å². The number of carbonyl (C=O) groups is 1. The molecule has 160 valence electrons. The summed E-state index contributed by atoms with van der Waals surface area (Å²) in [6, 6.07) is 19.1. The minimum Gasteiger partial charge on any atom is -0.456 e. The lowest BCUT2D eigenvalue weighted by Crippen LogP contribution is -2.25. The third-order valence-electron chi connectivity index (χ3n) is 3.82. The number of ketones is 1. The fourth-order valence-electron chi connectivity index (χ4n) is 2.44. The van der Waals surface area contributed by atoms with E-state index in [4.69, 9.17) is 9.05 Å². The number of oxime groups is 2. The number of benzene rings is 2. The Kier molecular flexibility index (Phi) is 8.31. The summed E-state index contributed by atoms with van der Waals surface area (Å²) in [7, 11) is -3.75. The van der Waals surface area contributed by atoms with E-state index in [9.17, 15) is 4.79 Å². The van der Waals surface area contributed by atoms with Gasteiger partial charge in [0.05, 0.1) is 17.8 Å². The van der Waals surface area contributed by atoms with Crippen molar-refractivity contribution in [1.82, 2.24) is 0 Å². The zero-order chi connectivity index (χ0) is 22.2. The van der Waals surface area contributed by atoms with Crippen molar-refractivity contribution in [1.29, 1.82) is 0 Å². The lowest BCUT2D eigenvalue weighted by Gasteiger charge is -2.17. The molecule has 0 heterocycles. The maximum Gasteiger partial charge on any atom is 0.278 e. The van der Waals surface area contributed by atoms with Crippen LogP contribution in [0.25, 0.3) is 0 Å². The molecule has 0 atom stereocenters. The van der Waals surface area contributed by atoms with E-state index in [0.29, 0.717) is 17.7 Å². The minimum absolute atomic E-state index is 0.00653. The molecule has 0 saturated carbocycles. The number of hydrogen-bond donors (Lipinski definition) is 0. The number of nitrogens with zero attached hydrogens (tertiary/aromatic N) is 2. The first-order valence-electron chi connectivity index (χ1n) is 10.2. The lowest BCUT2D eigenvalue weighted by atomic mass is 9.99. The predicted octanol–water partition coefficient (Wildman–Crippen LogP) is 6.11. The van der Waals surface area contributed by atoms with Gasteiger partial charge in [0, 0.05) is 12.0 Å². The highest BCUT2D eigenvalue weighted by atomic mass is 28.4. The molecule has 5 nitrogen and oxygen atoms in total. The van der Waals surface area contributed by atoms with Crippen molar-refractivity contribution in [3.05, 3.63) is 71.8 Å². The Morgan fingerprint density at radius 2 is 1.17 bits per heavy atom. The van der Waals surface area contributed by atoms with Crippen LogP contribution in [0.2, 0.25) is 39.3 Å². The Balaban J connectivity index is 2.33. The zero-order valence-electron chi connectivity index (χ0n) is 18.8. The molecule has 0 bridgehead atoms. The van der Waals surface area contributed by atoms with Gasteiger partial charge in [0.1, 0.15) is 0 Å². The van der Waals surface area contributed by atoms with Crippen molar-refractivity contribution in [3.8, 4) is 0 Å². The van der Waals surface area contributed by atoms with Crippen molar-refractivity contribution in [3.63, 3.8) is 0 Å². The molecule has 30 heavy (non-hydrogen) atoms. The minimum atomic E-state index is -1.89. The SMILES string of the molecule is C[Si](C)(C)ON=C(CC(=O)c1ccccc1)CC(=NO[Si](C)(C)C)c1ccccc1. The normalized spacial score (nSPS) is 13.1. The van der Waals surface area contributed by atoms with Gasteiger partial charge in [-0.3, -0.25) is 4.79 Å². The summed E-state index contributed by atoms with van der Waals surface area (Å²) in [6.45, 7) is 12.4. The predicted molar refractivity (Wildman–Crippen MR) is 129 cm³/mol. The lowest BCUT2D eigenvalue weighted by molar-refractivity contribution is 0.0999. The second kappa shape index (κ2) is 10.5. The van der Waals surface area contributed by atoms with E-state index in [2.05, 4.69) is 49.6 Å². The first-order valence-corrected chi connectivity index (χ1v) is 17.0. The summed E-state index contributed by atoms with van der Waals surface area (Å²) in [5, 5.41) is 8.87. The van der Waals surface area contributed by atoms with Crippen LogP contribution in [0.4, 0.5) is 0 Å². The van der Waals surface area contributed by atoms with E-state index >= 15 is 0 Å². The quantitative estimate of drug-likeness (QED) is 0.194. The Morgan fingerprint density at radius 1 is 0.700 bits per heavy atom. The first-order chi connectivity index (χ1) is 14.0. The van der Waals surface area contributed by atoms with Crippen LogP contribution in [-0.4, -0.2) is 33.8 Å². The number of Topliss-reactive ketones (excluding diaryl/α,β-unsaturated/α-hetero) is 1. The van der Waals surface area contributed by atoms with Crippen LogP contribution < -0.4 is 0 Å². The van der Waals surface area contributed by atoms with Crippen molar-refractivity contribution in [2.45, 2.75) is 52.1 Å². The van der Waals surface area contributed by atoms with Gasteiger partial charge in [0.2, 0.25) is 0 Å². The highest BCUT2D eigenvalue weighted by Crippen LogP contribution is 2.14. The number of carbonyl (C=O) groups excluding carboxylic acids is 1. The molecule has 0 aromatic heterocycles. The number of rotatable bonds is 10. The third kappa shape index (κ3) is 8.88. The van der Waals surface area contributed by atoms with Crippen molar-refractivity contribution in [2.75, 3.05) is 0 Å². The molecule has 0 aliphatic carbocycles. The van der Waals surface area contributed by atoms with E-state index in [1.54, 1.807) is 0 Å². The molecule has 2 aromatic rings. The Bertz CT molecular complexity index is 884. The van der Waals surface area contributed by atoms with Crippen LogP contribution in [0.3, 0.4) is 0 Å². The van der Waals surface area contributed by atoms with Crippen LogP contribution in [0.1, 0.15) is 28.8 Å². The molecule has 7 heteroatoms. The summed E-state index contributed by atoms with van der Waals surface area (Å²) in [5.41, 5.74) is 3.00. The molecular weight excluding hydrogens is 408 g/mol. The first kappa shape index (κ1) is 23.8. The summed E-state index contributed by atoms with van der Waals surface area (Å²) < 4.78 is 11.6. The molecule has 0 aliphatic heterocycles. The summed E-state index contributed by atoms with van der Waals surface area (Å²) in [6.07, 6.45) is 0.560. The van der Waals surface area contributed by atoms with E-state index < -0.39 is 16.6 Å². The fourth-order valence-corrected chi connectivity index (χ4v) is 3.23. The Hall–Kier alpha value is -2.52. The molecule has 0 N–H and O–H groups in total. The van der Waals surface area contributed by atoms with Gasteiger partial charge < -0.3 is 9.05 Å². The second-order valence-electron chi connectivity index (χ2n) is 9.11. The molecule has 2 rings (SSSR count). The van der Waals surface area contributed by atoms with E-state index in [1.807, 2.05) is 60.7 Å². The van der Waals surface area contributed by atoms with E-state index in [0.717, 1.165) is 11.3 Å². The molecule has 0 radical (unpaired) electrons. The Labute approximate surface area is 182 Å². The van der Waals surface area contributed by atoms with Gasteiger partial charge in [-0.05, 0) is 44.8 Å². The van der Waals surface area contributed by atoms with Crippen LogP contribution in [0.15, 0.2) is 71.0 Å². The third-order valence-corrected chi connectivity index (χ3v) is 5.10. The molecular formula is C23H32N2O3Si2. The number of hydrogen-bond acceptors (Lipinski definition) is 5. The van der Waals surface area contributed by atoms with Crippen molar-refractivity contribution < 1.29 is 13.8 Å². The smallest absolute Gasteiger partial charge is 0.278 e. The topological polar surface area (TPSA) is 60.2 Å². The summed E-state index contributed by atoms with van der Waals surface area (Å²) >= 11 is 0. The standard InChI is InChI=1S/C23H32N2O3Si2/c1-29(2,3)27-24-21(18-23(26)20-15-11-8-12-16-20)17-22(25-28-30(4,5)6)19-13-9-7-10-14-19/h7-16H,17-18H2,1-6H3. The molecule has 0 unspecified atom stereocenters. The monoisotopic (exact) mass is 440 g/mol. The Morgan fingerprint density at radius 3 is 1.67 bits per heavy atom. The molecule has 0 saturated heterocycles. The van der Waals surface area contributed by atoms with Crippen LogP contribution in [0.5, 0.6) is 0 Å². The average Bonchev–Trinajstić information content (AvgIpc) is 2.69. The maximum absolute atomic E-state index is 12.8. The molecule has 0 spiro atoms. The summed E-state index contributed by atoms with van der Waals surface area (Å²) in [4.78, 5) is 12.8. The van der Waals surface area contributed by atoms with E-state index in [-0.39, 0.29) is 12.2 Å². The molecule has 0 fully saturated rings. The van der Waals surface area contributed by atoms with Gasteiger partial charge in [0.15, 0.2) is 5.78 Å². The van der Waals surface area contributed by atoms with Gasteiger partial charge in [-0.1, -0.05) is 60.7 Å². The molecule has 0 aliphatic rings. The van der Waals surface area contributed by atoms with Crippen LogP contribution in [-0.2, 0) is 9.05 Å². The highest BCUT2D eigenvalue weighted by Gasteiger charge is 2.21. The molecule has 0 amide bonds. The van der Waals surface area contributed by atoms with Crippen molar-refractivity contribution >= 4 is 33.8 Å². The van der Waals surface area contributed by atoms with Gasteiger partial charge in [0.25, 0.3) is 16.6 Å². The zero-order valence-corrected chi connectivity index (χ0v) is 20.8. The van der Waals surface area contributed by atoms with Gasteiger partial charge in [-0.15, -0.1) is 10.3 Å². The summed E-state index contributed by atoms with van der Waals surface area (Å²) in [5.74, 6) is 0.00653. The van der Waals surface area contributed by atoms with Crippen molar-refractivity contribution in [2.24, 2.45) is 10.3 Å². The highest BCUT2D eigenvalue weighted by molar-refractivity contribution is 6.70. The molecule has 2 aromatic carbocycles. The fraction of sp³-hybridized carbons (Fsp3) is 0.348. The van der Waals surface area contributed by atoms with Gasteiger partial charge in [-0.2, -0.15) is 0 Å². The van der Waals surface area contributed by atoms with Gasteiger partial charge >= 0.3 is 0 Å². The van der Waals surface area contributed by atoms with Crippen LogP contribution >= 0.6 is 0 Å². The van der Waals surface area contributed by atoms with Gasteiger partial charge in [-0.25, -0.2) is 0 Å². The largest absolute Gasteiger partial charge is 0.456 e.